The van der Waals surface area contributed by atoms with Crippen LogP contribution in [0.1, 0.15) is 17.7 Å². The SMILES string of the molecule is N#CC1(Cc2cncs2)CCNCC1. The normalized spacial score (nSPS) is 20.2. The van der Waals surface area contributed by atoms with Crippen LogP contribution in [0.5, 0.6) is 0 Å². The molecule has 4 heteroatoms. The average Bonchev–Trinajstić information content (AvgIpc) is 2.72. The van der Waals surface area contributed by atoms with E-state index in [0.29, 0.717) is 0 Å². The zero-order valence-electron chi connectivity index (χ0n) is 7.99. The molecule has 1 aliphatic heterocycles. The maximum Gasteiger partial charge on any atom is 0.0794 e. The first-order chi connectivity index (χ1) is 6.85. The lowest BCUT2D eigenvalue weighted by molar-refractivity contribution is 0.282. The molecule has 1 saturated heterocycles. The second-order valence-electron chi connectivity index (χ2n) is 3.79. The van der Waals surface area contributed by atoms with Crippen LogP contribution in [0.3, 0.4) is 0 Å². The number of hydrogen-bond acceptors (Lipinski definition) is 4. The van der Waals surface area contributed by atoms with E-state index in [4.69, 9.17) is 0 Å². The minimum atomic E-state index is -0.141. The van der Waals surface area contributed by atoms with Gasteiger partial charge in [-0.25, -0.2) is 0 Å². The average molecular weight is 207 g/mol. The van der Waals surface area contributed by atoms with Crippen LogP contribution in [-0.2, 0) is 6.42 Å². The quantitative estimate of drug-likeness (QED) is 0.801. The van der Waals surface area contributed by atoms with Crippen LogP contribution in [-0.4, -0.2) is 18.1 Å². The number of hydrogen-bond donors (Lipinski definition) is 1. The van der Waals surface area contributed by atoms with Gasteiger partial charge in [-0.3, -0.25) is 4.98 Å². The van der Waals surface area contributed by atoms with Gasteiger partial charge in [-0.05, 0) is 25.9 Å². The highest BCUT2D eigenvalue weighted by molar-refractivity contribution is 7.09. The predicted molar refractivity (Wildman–Crippen MR) is 56.0 cm³/mol. The van der Waals surface area contributed by atoms with Crippen molar-refractivity contribution in [1.29, 1.82) is 5.26 Å². The Morgan fingerprint density at radius 1 is 1.57 bits per heavy atom. The van der Waals surface area contributed by atoms with Crippen LogP contribution in [0.25, 0.3) is 0 Å². The van der Waals surface area contributed by atoms with Crippen LogP contribution in [0.2, 0.25) is 0 Å². The Morgan fingerprint density at radius 2 is 2.36 bits per heavy atom. The van der Waals surface area contributed by atoms with E-state index in [0.717, 1.165) is 32.4 Å². The summed E-state index contributed by atoms with van der Waals surface area (Å²) in [7, 11) is 0. The molecule has 0 atom stereocenters. The maximum absolute atomic E-state index is 9.25. The number of piperidine rings is 1. The third-order valence-electron chi connectivity index (χ3n) is 2.79. The van der Waals surface area contributed by atoms with Crippen molar-refractivity contribution in [3.63, 3.8) is 0 Å². The number of nitrogens with one attached hydrogen (secondary N) is 1. The first-order valence-corrected chi connectivity index (χ1v) is 5.72. The lowest BCUT2D eigenvalue weighted by Crippen LogP contribution is -2.37. The van der Waals surface area contributed by atoms with E-state index in [9.17, 15) is 5.26 Å². The molecule has 0 unspecified atom stereocenters. The Bertz CT molecular complexity index is 320. The van der Waals surface area contributed by atoms with Gasteiger partial charge in [0.25, 0.3) is 0 Å². The molecule has 1 aromatic heterocycles. The zero-order valence-corrected chi connectivity index (χ0v) is 8.81. The summed E-state index contributed by atoms with van der Waals surface area (Å²) in [5.41, 5.74) is 1.69. The zero-order chi connectivity index (χ0) is 9.86. The second kappa shape index (κ2) is 4.07. The van der Waals surface area contributed by atoms with Crippen molar-refractivity contribution in [3.05, 3.63) is 16.6 Å². The monoisotopic (exact) mass is 207 g/mol. The Hall–Kier alpha value is -0.920. The van der Waals surface area contributed by atoms with Gasteiger partial charge in [-0.2, -0.15) is 5.26 Å². The summed E-state index contributed by atoms with van der Waals surface area (Å²) in [6.07, 6.45) is 4.67. The Kier molecular flexibility index (Phi) is 2.80. The van der Waals surface area contributed by atoms with E-state index < -0.39 is 0 Å². The van der Waals surface area contributed by atoms with Crippen LogP contribution >= 0.6 is 11.3 Å². The fourth-order valence-corrected chi connectivity index (χ4v) is 2.63. The molecule has 0 bridgehead atoms. The van der Waals surface area contributed by atoms with Crippen LogP contribution in [0.4, 0.5) is 0 Å². The van der Waals surface area contributed by atoms with Gasteiger partial charge in [-0.1, -0.05) is 0 Å². The van der Waals surface area contributed by atoms with Gasteiger partial charge < -0.3 is 5.32 Å². The van der Waals surface area contributed by atoms with Crippen LogP contribution in [0, 0.1) is 16.7 Å². The molecule has 0 radical (unpaired) electrons. The predicted octanol–water partition coefficient (Wildman–Crippen LogP) is 1.58. The largest absolute Gasteiger partial charge is 0.317 e. The van der Waals surface area contributed by atoms with Gasteiger partial charge in [0.15, 0.2) is 0 Å². The highest BCUT2D eigenvalue weighted by Gasteiger charge is 2.32. The second-order valence-corrected chi connectivity index (χ2v) is 4.76. The van der Waals surface area contributed by atoms with Crippen molar-refractivity contribution < 1.29 is 0 Å². The molecule has 74 valence electrons. The number of rotatable bonds is 2. The van der Waals surface area contributed by atoms with Gasteiger partial charge in [0.1, 0.15) is 0 Å². The molecule has 14 heavy (non-hydrogen) atoms. The molecule has 2 heterocycles. The summed E-state index contributed by atoms with van der Waals surface area (Å²) >= 11 is 1.65. The summed E-state index contributed by atoms with van der Waals surface area (Å²) in [6.45, 7) is 1.93. The van der Waals surface area contributed by atoms with E-state index in [1.54, 1.807) is 11.3 Å². The smallest absolute Gasteiger partial charge is 0.0794 e. The molecule has 1 aliphatic rings. The molecule has 3 nitrogen and oxygen atoms in total. The molecule has 0 amide bonds. The fraction of sp³-hybridized carbons (Fsp3) is 0.600. The van der Waals surface area contributed by atoms with Gasteiger partial charge in [-0.15, -0.1) is 11.3 Å². The number of nitriles is 1. The first kappa shape index (κ1) is 9.63. The Balaban J connectivity index is 2.09. The van der Waals surface area contributed by atoms with E-state index in [2.05, 4.69) is 16.4 Å². The first-order valence-electron chi connectivity index (χ1n) is 4.84. The number of nitrogens with zero attached hydrogens (tertiary/aromatic N) is 2. The minimum Gasteiger partial charge on any atom is -0.317 e. The molecule has 2 rings (SSSR count). The molecule has 0 spiro atoms. The van der Waals surface area contributed by atoms with Gasteiger partial charge in [0.05, 0.1) is 17.0 Å². The molecule has 1 fully saturated rings. The van der Waals surface area contributed by atoms with E-state index in [-0.39, 0.29) is 5.41 Å². The van der Waals surface area contributed by atoms with Gasteiger partial charge in [0.2, 0.25) is 0 Å². The van der Waals surface area contributed by atoms with Crippen molar-refractivity contribution >= 4 is 11.3 Å². The number of thiazole rings is 1. The fourth-order valence-electron chi connectivity index (χ4n) is 1.90. The summed E-state index contributed by atoms with van der Waals surface area (Å²) in [5.74, 6) is 0. The summed E-state index contributed by atoms with van der Waals surface area (Å²) in [6, 6.07) is 2.49. The lowest BCUT2D eigenvalue weighted by Gasteiger charge is -2.30. The van der Waals surface area contributed by atoms with Crippen molar-refractivity contribution in [1.82, 2.24) is 10.3 Å². The molecule has 1 N–H and O–H groups in total. The molecule has 0 aliphatic carbocycles. The Labute approximate surface area is 87.8 Å². The molecular weight excluding hydrogens is 194 g/mol. The van der Waals surface area contributed by atoms with Crippen molar-refractivity contribution in [2.45, 2.75) is 19.3 Å². The highest BCUT2D eigenvalue weighted by atomic mass is 32.1. The van der Waals surface area contributed by atoms with Crippen LogP contribution in [0.15, 0.2) is 11.7 Å². The minimum absolute atomic E-state index is 0.141. The van der Waals surface area contributed by atoms with Crippen molar-refractivity contribution in [2.24, 2.45) is 5.41 Å². The summed E-state index contributed by atoms with van der Waals surface area (Å²) in [5, 5.41) is 12.5. The van der Waals surface area contributed by atoms with E-state index in [1.165, 1.54) is 4.88 Å². The highest BCUT2D eigenvalue weighted by Crippen LogP contribution is 2.32. The topological polar surface area (TPSA) is 48.7 Å². The maximum atomic E-state index is 9.25. The third kappa shape index (κ3) is 1.94. The van der Waals surface area contributed by atoms with Crippen molar-refractivity contribution in [2.75, 3.05) is 13.1 Å². The van der Waals surface area contributed by atoms with Gasteiger partial charge in [0, 0.05) is 17.5 Å². The molecule has 0 aromatic carbocycles. The molecular formula is C10H13N3S. The van der Waals surface area contributed by atoms with E-state index in [1.807, 2.05) is 11.7 Å². The van der Waals surface area contributed by atoms with Crippen LogP contribution < -0.4 is 5.32 Å². The van der Waals surface area contributed by atoms with Gasteiger partial charge >= 0.3 is 0 Å². The standard InChI is InChI=1S/C10H13N3S/c11-7-10(1-3-12-4-2-10)5-9-6-13-8-14-9/h6,8,12H,1-5H2. The van der Waals surface area contributed by atoms with E-state index >= 15 is 0 Å². The summed E-state index contributed by atoms with van der Waals surface area (Å²) in [4.78, 5) is 5.28. The lowest BCUT2D eigenvalue weighted by atomic mass is 9.77. The number of aromatic nitrogens is 1. The molecule has 1 aromatic rings. The third-order valence-corrected chi connectivity index (χ3v) is 3.57. The molecule has 0 saturated carbocycles. The Morgan fingerprint density at radius 3 is 2.93 bits per heavy atom. The van der Waals surface area contributed by atoms with Crippen molar-refractivity contribution in [3.8, 4) is 6.07 Å². The summed E-state index contributed by atoms with van der Waals surface area (Å²) < 4.78 is 0.